The molecule has 0 radical (unpaired) electrons. The quantitative estimate of drug-likeness (QED) is 0.0595. The van der Waals surface area contributed by atoms with Crippen molar-refractivity contribution in [1.29, 1.82) is 0 Å². The van der Waals surface area contributed by atoms with Gasteiger partial charge in [0, 0.05) is 26.0 Å². The first kappa shape index (κ1) is 36.5. The van der Waals surface area contributed by atoms with Crippen molar-refractivity contribution in [2.45, 2.75) is 122 Å². The molecule has 0 aromatic rings. The number of phosphoric acid groups is 1. The normalized spacial score (nSPS) is 13.5. The summed E-state index contributed by atoms with van der Waals surface area (Å²) in [6.07, 6.45) is 21.3. The van der Waals surface area contributed by atoms with E-state index >= 15 is 0 Å². The van der Waals surface area contributed by atoms with Gasteiger partial charge in [0.1, 0.15) is 13.2 Å². The summed E-state index contributed by atoms with van der Waals surface area (Å²) < 4.78 is 22.6. The highest BCUT2D eigenvalue weighted by molar-refractivity contribution is 7.47. The van der Waals surface area contributed by atoms with Crippen LogP contribution in [0.1, 0.15) is 122 Å². The number of rotatable bonds is 28. The Labute approximate surface area is 228 Å². The standard InChI is InChI=1S/C28H59N2O6P/c1-4-5-6-7-8-9-10-11-12-13-14-15-16-17-18-21-28(32)29-22-19-26-35-37(33,34)36-27-24-30(2,3)23-20-25-31/h31H,4-27H2,1-3H3,(H-,29,32,33,34)/p+1. The second-order valence-corrected chi connectivity index (χ2v) is 12.5. The average molecular weight is 552 g/mol. The van der Waals surface area contributed by atoms with Gasteiger partial charge in [-0.15, -0.1) is 0 Å². The molecule has 37 heavy (non-hydrogen) atoms. The molecule has 0 heterocycles. The van der Waals surface area contributed by atoms with Crippen molar-refractivity contribution in [1.82, 2.24) is 5.32 Å². The summed E-state index contributed by atoms with van der Waals surface area (Å²) >= 11 is 0. The number of quaternary nitrogens is 1. The molecule has 222 valence electrons. The third-order valence-electron chi connectivity index (χ3n) is 6.78. The number of aliphatic hydroxyl groups excluding tert-OH is 1. The summed E-state index contributed by atoms with van der Waals surface area (Å²) in [5.74, 6) is 0.0287. The minimum atomic E-state index is -4.09. The van der Waals surface area contributed by atoms with Crippen LogP contribution in [-0.4, -0.2) is 73.9 Å². The highest BCUT2D eigenvalue weighted by Crippen LogP contribution is 2.43. The van der Waals surface area contributed by atoms with Crippen molar-refractivity contribution in [3.63, 3.8) is 0 Å². The van der Waals surface area contributed by atoms with Gasteiger partial charge in [-0.25, -0.2) is 4.57 Å². The van der Waals surface area contributed by atoms with Gasteiger partial charge in [-0.2, -0.15) is 0 Å². The lowest BCUT2D eigenvalue weighted by Gasteiger charge is -2.29. The van der Waals surface area contributed by atoms with Crippen LogP contribution in [0.2, 0.25) is 0 Å². The van der Waals surface area contributed by atoms with Crippen LogP contribution in [0.3, 0.4) is 0 Å². The number of unbranched alkanes of at least 4 members (excludes halogenated alkanes) is 14. The van der Waals surface area contributed by atoms with Crippen LogP contribution in [0.5, 0.6) is 0 Å². The molecular weight excluding hydrogens is 491 g/mol. The predicted octanol–water partition coefficient (Wildman–Crippen LogP) is 6.35. The first-order valence-electron chi connectivity index (χ1n) is 15.0. The van der Waals surface area contributed by atoms with Crippen molar-refractivity contribution >= 4 is 13.7 Å². The van der Waals surface area contributed by atoms with Gasteiger partial charge in [-0.1, -0.05) is 96.8 Å². The zero-order chi connectivity index (χ0) is 27.7. The zero-order valence-corrected chi connectivity index (χ0v) is 25.3. The fraction of sp³-hybridized carbons (Fsp3) is 0.964. The Bertz CT molecular complexity index is 577. The van der Waals surface area contributed by atoms with E-state index in [0.717, 1.165) is 19.4 Å². The summed E-state index contributed by atoms with van der Waals surface area (Å²) in [7, 11) is -0.134. The third-order valence-corrected chi connectivity index (χ3v) is 7.80. The Morgan fingerprint density at radius 2 is 1.22 bits per heavy atom. The molecule has 0 spiro atoms. The summed E-state index contributed by atoms with van der Waals surface area (Å²) in [6, 6.07) is 0. The lowest BCUT2D eigenvalue weighted by Crippen LogP contribution is -2.43. The van der Waals surface area contributed by atoms with Gasteiger partial charge in [0.05, 0.1) is 27.2 Å². The first-order chi connectivity index (χ1) is 17.7. The maximum Gasteiger partial charge on any atom is 0.472 e. The Morgan fingerprint density at radius 1 is 0.730 bits per heavy atom. The zero-order valence-electron chi connectivity index (χ0n) is 24.4. The molecule has 8 nitrogen and oxygen atoms in total. The van der Waals surface area contributed by atoms with Gasteiger partial charge in [0.25, 0.3) is 0 Å². The molecule has 0 fully saturated rings. The number of likely N-dealkylation sites (N-methyl/N-ethyl adjacent to an activating group) is 1. The summed E-state index contributed by atoms with van der Waals surface area (Å²) in [5.41, 5.74) is 0. The van der Waals surface area contributed by atoms with Crippen molar-refractivity contribution in [2.24, 2.45) is 0 Å². The van der Waals surface area contributed by atoms with Crippen LogP contribution in [0.25, 0.3) is 0 Å². The number of hydrogen-bond donors (Lipinski definition) is 3. The van der Waals surface area contributed by atoms with Crippen molar-refractivity contribution < 1.29 is 32.9 Å². The molecule has 0 aliphatic heterocycles. The maximum absolute atomic E-state index is 12.0. The van der Waals surface area contributed by atoms with Gasteiger partial charge >= 0.3 is 7.82 Å². The van der Waals surface area contributed by atoms with Crippen LogP contribution in [0.4, 0.5) is 0 Å². The molecule has 3 N–H and O–H groups in total. The molecule has 9 heteroatoms. The SMILES string of the molecule is CCCCCCCCCCCCCCCCCC(=O)NCCCOP(=O)(O)OCC[N+](C)(C)CCCO. The van der Waals surface area contributed by atoms with Crippen LogP contribution in [0, 0.1) is 0 Å². The minimum absolute atomic E-state index is 0.0287. The maximum atomic E-state index is 12.0. The largest absolute Gasteiger partial charge is 0.472 e. The van der Waals surface area contributed by atoms with E-state index in [-0.39, 0.29) is 25.7 Å². The van der Waals surface area contributed by atoms with E-state index in [9.17, 15) is 14.3 Å². The molecule has 0 saturated heterocycles. The van der Waals surface area contributed by atoms with Gasteiger partial charge < -0.3 is 19.8 Å². The lowest BCUT2D eigenvalue weighted by atomic mass is 10.0. The number of hydrogen-bond acceptors (Lipinski definition) is 5. The number of amides is 1. The number of nitrogens with zero attached hydrogens (tertiary/aromatic N) is 1. The van der Waals surface area contributed by atoms with E-state index in [2.05, 4.69) is 12.2 Å². The molecule has 0 rings (SSSR count). The number of nitrogens with one attached hydrogen (secondary N) is 1. The summed E-state index contributed by atoms with van der Waals surface area (Å²) in [5, 5.41) is 11.8. The molecule has 1 amide bonds. The molecule has 0 saturated carbocycles. The number of aliphatic hydroxyl groups is 1. The van der Waals surface area contributed by atoms with Crippen LogP contribution >= 0.6 is 7.82 Å². The van der Waals surface area contributed by atoms with Crippen LogP contribution < -0.4 is 5.32 Å². The molecule has 1 unspecified atom stereocenters. The second-order valence-electron chi connectivity index (χ2n) is 11.0. The summed E-state index contributed by atoms with van der Waals surface area (Å²) in [4.78, 5) is 21.7. The molecule has 0 bridgehead atoms. The molecular formula is C28H60N2O6P+. The number of carbonyl (C=O) groups is 1. The van der Waals surface area contributed by atoms with E-state index in [0.29, 0.717) is 36.8 Å². The molecule has 0 aromatic carbocycles. The molecule has 1 atom stereocenters. The predicted molar refractivity (Wildman–Crippen MR) is 152 cm³/mol. The van der Waals surface area contributed by atoms with Gasteiger partial charge in [-0.3, -0.25) is 13.8 Å². The van der Waals surface area contributed by atoms with Gasteiger partial charge in [-0.05, 0) is 12.8 Å². The van der Waals surface area contributed by atoms with Gasteiger partial charge in [0.2, 0.25) is 5.91 Å². The van der Waals surface area contributed by atoms with E-state index in [1.165, 1.54) is 83.5 Å². The van der Waals surface area contributed by atoms with Crippen molar-refractivity contribution in [2.75, 3.05) is 53.6 Å². The third kappa shape index (κ3) is 26.9. The topological polar surface area (TPSA) is 105 Å². The fourth-order valence-corrected chi connectivity index (χ4v) is 5.02. The lowest BCUT2D eigenvalue weighted by molar-refractivity contribution is -0.890. The van der Waals surface area contributed by atoms with Crippen LogP contribution in [-0.2, 0) is 18.4 Å². The second kappa shape index (κ2) is 24.5. The molecule has 0 aliphatic rings. The number of carbonyl (C=O) groups excluding carboxylic acids is 1. The van der Waals surface area contributed by atoms with E-state index < -0.39 is 7.82 Å². The smallest absolute Gasteiger partial charge is 0.396 e. The van der Waals surface area contributed by atoms with E-state index in [1.807, 2.05) is 14.1 Å². The highest BCUT2D eigenvalue weighted by atomic mass is 31.2. The average Bonchev–Trinajstić information content (AvgIpc) is 2.84. The highest BCUT2D eigenvalue weighted by Gasteiger charge is 2.23. The van der Waals surface area contributed by atoms with Crippen molar-refractivity contribution in [3.05, 3.63) is 0 Å². The fourth-order valence-electron chi connectivity index (χ4n) is 4.28. The number of phosphoric ester groups is 1. The Kier molecular flexibility index (Phi) is 24.2. The van der Waals surface area contributed by atoms with E-state index in [1.54, 1.807) is 0 Å². The Hall–Kier alpha value is -0.500. The van der Waals surface area contributed by atoms with E-state index in [4.69, 9.17) is 14.2 Å². The Morgan fingerprint density at radius 3 is 1.73 bits per heavy atom. The molecule has 0 aromatic heterocycles. The summed E-state index contributed by atoms with van der Waals surface area (Å²) in [6.45, 7) is 4.26. The van der Waals surface area contributed by atoms with Gasteiger partial charge in [0.15, 0.2) is 0 Å². The van der Waals surface area contributed by atoms with Crippen LogP contribution in [0.15, 0.2) is 0 Å². The molecule has 0 aliphatic carbocycles. The Balaban J connectivity index is 3.49. The monoisotopic (exact) mass is 551 g/mol. The van der Waals surface area contributed by atoms with Crippen molar-refractivity contribution in [3.8, 4) is 0 Å². The first-order valence-corrected chi connectivity index (χ1v) is 16.5. The minimum Gasteiger partial charge on any atom is -0.396 e.